The summed E-state index contributed by atoms with van der Waals surface area (Å²) in [6.07, 6.45) is 30.5. The van der Waals surface area contributed by atoms with Gasteiger partial charge in [0, 0.05) is 92.1 Å². The predicted molar refractivity (Wildman–Crippen MR) is 454 cm³/mol. The van der Waals surface area contributed by atoms with Crippen LogP contribution in [0, 0.1) is 13.8 Å². The van der Waals surface area contributed by atoms with Gasteiger partial charge in [-0.05, 0) is 205 Å². The molecule has 14 heteroatoms. The van der Waals surface area contributed by atoms with Gasteiger partial charge < -0.3 is 18.9 Å². The van der Waals surface area contributed by atoms with Crippen molar-refractivity contribution in [2.45, 2.75) is 135 Å². The zero-order valence-electron chi connectivity index (χ0n) is 63.3. The molecule has 0 bridgehead atoms. The number of allylic oxidation sites excluding steroid dienone is 8. The number of fused-ring (bicyclic) bond motifs is 10. The fraction of sp³-hybridized carbons (Fsp3) is 0.250. The van der Waals surface area contributed by atoms with Gasteiger partial charge in [-0.25, -0.2) is 16.8 Å². The van der Waals surface area contributed by atoms with Crippen molar-refractivity contribution in [1.29, 1.82) is 0 Å². The quantitative estimate of drug-likeness (QED) is 0.0778. The molecule has 110 heavy (non-hydrogen) atoms. The molecule has 4 heterocycles. The fourth-order valence-corrected chi connectivity index (χ4v) is 20.7. The van der Waals surface area contributed by atoms with E-state index in [4.69, 9.17) is 0 Å². The van der Waals surface area contributed by atoms with Crippen molar-refractivity contribution in [3.05, 3.63) is 355 Å². The Balaban J connectivity index is 0.000000377. The van der Waals surface area contributed by atoms with Crippen molar-refractivity contribution in [2.24, 2.45) is 0 Å². The molecule has 2 aliphatic carbocycles. The third-order valence-corrected chi connectivity index (χ3v) is 27.1. The minimum absolute atomic E-state index is 0.00801. The number of anilines is 2. The Bertz CT molecular complexity index is 5420. The molecule has 2 saturated carbocycles. The van der Waals surface area contributed by atoms with Crippen LogP contribution >= 0.6 is 31.9 Å². The standard InChI is InChI=1S/C82H78Br2N4.2C7H8O3S/c1-85-69-27-13-11-25-67(69)81(55-59-37-43-63(83)44-38-59,75(85)31-19-29-73-79(49-15-5-16-50-79)77-65-23-9-7-21-61(65)41-47-71(77)87(73)3)53-57-33-35-58(36-34-57)54-82(56-60-39-45-64(84)46-40-60)68-26-12-14-28-70(68)86(2)76(82)32-20-30-74-80(51-17-6-18-52-80)78-66-24-10-8-22-62(66)42-48-72(78)88(74)4;2*1-6-2-4-7(5-3-6)11(8,9)10/h7-14,19-48H,5-6,15-18,49-56H2,1-4H3;2*2-5H,1H3,(H,8,9,10)/q+2;;/p-2. The highest BCUT2D eigenvalue weighted by Crippen LogP contribution is 2.56. The van der Waals surface area contributed by atoms with Gasteiger partial charge in [0.25, 0.3) is 0 Å². The van der Waals surface area contributed by atoms with E-state index in [1.165, 1.54) is 200 Å². The van der Waals surface area contributed by atoms with E-state index in [0.717, 1.165) is 45.8 Å². The number of para-hydroxylation sites is 2. The summed E-state index contributed by atoms with van der Waals surface area (Å²) < 4.78 is 69.6. The molecule has 2 fully saturated rings. The summed E-state index contributed by atoms with van der Waals surface area (Å²) in [5, 5.41) is 5.49. The van der Waals surface area contributed by atoms with Crippen LogP contribution in [0.4, 0.5) is 22.7 Å². The zero-order valence-corrected chi connectivity index (χ0v) is 68.1. The normalized spacial score (nSPS) is 19.7. The Morgan fingerprint density at radius 1 is 0.400 bits per heavy atom. The molecule has 2 spiro atoms. The summed E-state index contributed by atoms with van der Waals surface area (Å²) in [6, 6.07) is 85.5. The molecule has 0 aromatic heterocycles. The minimum atomic E-state index is -4.27. The highest BCUT2D eigenvalue weighted by Gasteiger charge is 2.54. The first kappa shape index (κ1) is 76.0. The Morgan fingerprint density at radius 3 is 1.06 bits per heavy atom. The van der Waals surface area contributed by atoms with Gasteiger partial charge in [0.1, 0.15) is 34.3 Å². The second-order valence-electron chi connectivity index (χ2n) is 31.0. The fourth-order valence-electron chi connectivity index (χ4n) is 19.3. The van der Waals surface area contributed by atoms with Crippen LogP contribution in [0.2, 0.25) is 0 Å². The van der Waals surface area contributed by atoms with Gasteiger partial charge in [-0.3, -0.25) is 0 Å². The van der Waals surface area contributed by atoms with E-state index in [0.29, 0.717) is 0 Å². The zero-order chi connectivity index (χ0) is 76.7. The molecule has 17 rings (SSSR count). The van der Waals surface area contributed by atoms with Crippen LogP contribution in [0.25, 0.3) is 21.5 Å². The lowest BCUT2D eigenvalue weighted by Crippen LogP contribution is -2.36. The molecule has 6 aliphatic rings. The maximum absolute atomic E-state index is 10.4. The monoisotopic (exact) mass is 1620 g/mol. The molecule has 10 nitrogen and oxygen atoms in total. The summed E-state index contributed by atoms with van der Waals surface area (Å²) in [5.41, 5.74) is 23.1. The average molecular weight is 1620 g/mol. The smallest absolute Gasteiger partial charge is 0.210 e. The van der Waals surface area contributed by atoms with Crippen molar-refractivity contribution in [3.63, 3.8) is 0 Å². The minimum Gasteiger partial charge on any atom is -0.744 e. The van der Waals surface area contributed by atoms with Crippen LogP contribution in [-0.4, -0.2) is 74.7 Å². The van der Waals surface area contributed by atoms with Crippen molar-refractivity contribution in [2.75, 3.05) is 38.0 Å². The van der Waals surface area contributed by atoms with Gasteiger partial charge in [-0.15, -0.1) is 0 Å². The molecule has 0 amide bonds. The number of nitrogens with zero attached hydrogens (tertiary/aromatic N) is 4. The predicted octanol–water partition coefficient (Wildman–Crippen LogP) is 21.8. The maximum atomic E-state index is 10.4. The molecule has 558 valence electrons. The van der Waals surface area contributed by atoms with Crippen LogP contribution in [0.3, 0.4) is 0 Å². The Morgan fingerprint density at radius 2 is 0.718 bits per heavy atom. The molecule has 0 radical (unpaired) electrons. The first-order valence-corrected chi connectivity index (χ1v) is 42.7. The summed E-state index contributed by atoms with van der Waals surface area (Å²) in [6.45, 7) is 3.64. The first-order valence-electron chi connectivity index (χ1n) is 38.3. The highest BCUT2D eigenvalue weighted by atomic mass is 79.9. The average Bonchev–Trinajstić information content (AvgIpc) is 1.55. The summed E-state index contributed by atoms with van der Waals surface area (Å²) in [4.78, 5) is 4.64. The van der Waals surface area contributed by atoms with Gasteiger partial charge in [-0.2, -0.15) is 9.15 Å². The van der Waals surface area contributed by atoms with Crippen molar-refractivity contribution < 1.29 is 35.1 Å². The van der Waals surface area contributed by atoms with Gasteiger partial charge in [0.15, 0.2) is 11.4 Å². The van der Waals surface area contributed by atoms with Crippen LogP contribution < -0.4 is 9.80 Å². The van der Waals surface area contributed by atoms with E-state index in [9.17, 15) is 25.9 Å². The van der Waals surface area contributed by atoms with E-state index in [-0.39, 0.29) is 31.5 Å². The maximum Gasteiger partial charge on any atom is 0.210 e. The SMILES string of the molecule is CN1C(=CC=CC2=[N+](C)c3ccc4ccccc4c3C23CCCCC3)C(Cc2ccc(Br)cc2)(Cc2ccc(CC3(Cc4ccc(Br)cc4)C(=CC=CC4=[N+](C)c5ccc6ccccc6c5C45CCCCC5)N(C)c4ccccc43)cc2)c2ccccc21.Cc1ccc(S(=O)(=O)[O-])cc1.Cc1ccc(S(=O)(=O)[O-])cc1. The lowest BCUT2D eigenvalue weighted by Gasteiger charge is -2.35. The molecule has 2 atom stereocenters. The van der Waals surface area contributed by atoms with Crippen LogP contribution in [0.5, 0.6) is 0 Å². The van der Waals surface area contributed by atoms with Crippen molar-refractivity contribution in [3.8, 4) is 0 Å². The summed E-state index contributed by atoms with van der Waals surface area (Å²) in [5.74, 6) is 0. The summed E-state index contributed by atoms with van der Waals surface area (Å²) in [7, 11) is 0.675. The number of halogens is 2. The Hall–Kier alpha value is -9.38. The van der Waals surface area contributed by atoms with Crippen molar-refractivity contribution in [1.82, 2.24) is 0 Å². The topological polar surface area (TPSA) is 127 Å². The second kappa shape index (κ2) is 31.1. The third-order valence-electron chi connectivity index (χ3n) is 24.4. The van der Waals surface area contributed by atoms with Gasteiger partial charge in [0.2, 0.25) is 11.4 Å². The number of hydrogen-bond acceptors (Lipinski definition) is 8. The van der Waals surface area contributed by atoms with Crippen LogP contribution in [0.15, 0.2) is 309 Å². The highest BCUT2D eigenvalue weighted by molar-refractivity contribution is 9.10. The largest absolute Gasteiger partial charge is 0.744 e. The molecule has 0 N–H and O–H groups in total. The lowest BCUT2D eigenvalue weighted by atomic mass is 9.66. The van der Waals surface area contributed by atoms with Gasteiger partial charge in [0.05, 0.1) is 20.6 Å². The van der Waals surface area contributed by atoms with E-state index in [1.807, 2.05) is 13.8 Å². The number of aryl methyl sites for hydroxylation is 2. The molecule has 0 saturated heterocycles. The molecule has 2 unspecified atom stereocenters. The summed E-state index contributed by atoms with van der Waals surface area (Å²) >= 11 is 7.56. The number of hydrogen-bond donors (Lipinski definition) is 0. The van der Waals surface area contributed by atoms with Crippen LogP contribution in [-0.2, 0) is 67.6 Å². The second-order valence-corrected chi connectivity index (χ2v) is 35.6. The number of rotatable bonds is 14. The van der Waals surface area contributed by atoms with Gasteiger partial charge >= 0.3 is 0 Å². The van der Waals surface area contributed by atoms with Gasteiger partial charge in [-0.1, -0.05) is 251 Å². The first-order chi connectivity index (χ1) is 53.0. The third kappa shape index (κ3) is 14.5. The molecular formula is C96H92Br2N4O6S2. The van der Waals surface area contributed by atoms with Crippen LogP contribution in [0.1, 0.15) is 120 Å². The molecule has 4 aliphatic heterocycles. The Labute approximate surface area is 666 Å². The van der Waals surface area contributed by atoms with E-state index >= 15 is 0 Å². The van der Waals surface area contributed by atoms with Crippen molar-refractivity contribution >= 4 is 108 Å². The lowest BCUT2D eigenvalue weighted by molar-refractivity contribution is -0.401. The van der Waals surface area contributed by atoms with E-state index in [1.54, 1.807) is 24.3 Å². The molecule has 11 aromatic rings. The number of likely N-dealkylation sites (N-methyl/N-ethyl adjacent to an activating group) is 2. The molecular weight excluding hydrogens is 1530 g/mol. The molecule has 11 aromatic carbocycles. The van der Waals surface area contributed by atoms with E-state index in [2.05, 4.69) is 310 Å². The number of benzene rings is 11. The Kier molecular flexibility index (Phi) is 21.5. The van der Waals surface area contributed by atoms with E-state index < -0.39 is 20.2 Å².